The minimum atomic E-state index is -0.527. The molecule has 1 aromatic carbocycles. The van der Waals surface area contributed by atoms with Crippen LogP contribution in [0.4, 0.5) is 14.6 Å². The quantitative estimate of drug-likeness (QED) is 0.398. The second-order valence-electron chi connectivity index (χ2n) is 9.34. The molecule has 0 atom stereocenters. The number of pyridine rings is 2. The van der Waals surface area contributed by atoms with Gasteiger partial charge in [-0.25, -0.2) is 23.7 Å². The predicted molar refractivity (Wildman–Crippen MR) is 132 cm³/mol. The van der Waals surface area contributed by atoms with E-state index in [-0.39, 0.29) is 10.9 Å². The maximum Gasteiger partial charge on any atom is 0.163 e. The van der Waals surface area contributed by atoms with Gasteiger partial charge < -0.3 is 15.2 Å². The first-order valence-corrected chi connectivity index (χ1v) is 12.0. The first-order valence-electron chi connectivity index (χ1n) is 12.0. The highest BCUT2D eigenvalue weighted by molar-refractivity contribution is 6.13. The van der Waals surface area contributed by atoms with Crippen LogP contribution < -0.4 is 10.2 Å². The van der Waals surface area contributed by atoms with Crippen molar-refractivity contribution in [3.05, 3.63) is 54.0 Å². The Kier molecular flexibility index (Phi) is 4.66. The van der Waals surface area contributed by atoms with E-state index in [1.165, 1.54) is 12.0 Å². The fourth-order valence-electron chi connectivity index (χ4n) is 5.38. The Hall–Kier alpha value is -3.72. The lowest BCUT2D eigenvalue weighted by Gasteiger charge is -2.32. The number of H-pyrrole nitrogens is 1. The van der Waals surface area contributed by atoms with Crippen LogP contribution in [0.5, 0.6) is 0 Å². The number of rotatable bonds is 3. The van der Waals surface area contributed by atoms with Crippen molar-refractivity contribution in [3.63, 3.8) is 0 Å². The Morgan fingerprint density at radius 3 is 2.54 bits per heavy atom. The van der Waals surface area contributed by atoms with Crippen molar-refractivity contribution in [2.24, 2.45) is 0 Å². The van der Waals surface area contributed by atoms with Crippen molar-refractivity contribution in [2.45, 2.75) is 25.2 Å². The highest BCUT2D eigenvalue weighted by Crippen LogP contribution is 2.42. The molecule has 5 aromatic rings. The topological polar surface area (TPSA) is 82.6 Å². The van der Waals surface area contributed by atoms with E-state index >= 15 is 0 Å². The molecule has 2 fully saturated rings. The zero-order chi connectivity index (χ0) is 23.5. The summed E-state index contributed by atoms with van der Waals surface area (Å²) in [5, 5.41) is 5.10. The molecule has 0 radical (unpaired) electrons. The van der Waals surface area contributed by atoms with Gasteiger partial charge in [0.15, 0.2) is 5.82 Å². The third-order valence-electron chi connectivity index (χ3n) is 7.37. The second kappa shape index (κ2) is 7.91. The number of anilines is 1. The molecule has 2 N–H and O–H groups in total. The molecule has 1 aliphatic carbocycles. The second-order valence-corrected chi connectivity index (χ2v) is 9.34. The van der Waals surface area contributed by atoms with Gasteiger partial charge in [-0.3, -0.25) is 4.98 Å². The largest absolute Gasteiger partial charge is 0.353 e. The summed E-state index contributed by atoms with van der Waals surface area (Å²) >= 11 is 0. The molecule has 1 aliphatic heterocycles. The van der Waals surface area contributed by atoms with Gasteiger partial charge in [0, 0.05) is 60.3 Å². The van der Waals surface area contributed by atoms with E-state index in [2.05, 4.69) is 25.2 Å². The molecule has 35 heavy (non-hydrogen) atoms. The molecular weight excluding hydrogens is 448 g/mol. The van der Waals surface area contributed by atoms with Crippen LogP contribution in [-0.4, -0.2) is 51.1 Å². The molecule has 1 saturated carbocycles. The monoisotopic (exact) mass is 471 g/mol. The van der Waals surface area contributed by atoms with Gasteiger partial charge in [-0.15, -0.1) is 0 Å². The van der Waals surface area contributed by atoms with Crippen LogP contribution in [0.15, 0.2) is 36.8 Å². The van der Waals surface area contributed by atoms with Crippen LogP contribution >= 0.6 is 0 Å². The number of aromatic nitrogens is 5. The minimum Gasteiger partial charge on any atom is -0.353 e. The van der Waals surface area contributed by atoms with Crippen LogP contribution in [0.3, 0.4) is 0 Å². The number of benzene rings is 1. The maximum atomic E-state index is 15.0. The number of nitrogens with zero attached hydrogens (tertiary/aromatic N) is 5. The summed E-state index contributed by atoms with van der Waals surface area (Å²) in [6, 6.07) is 4.03. The van der Waals surface area contributed by atoms with Gasteiger partial charge in [0.05, 0.1) is 17.2 Å². The zero-order valence-electron chi connectivity index (χ0n) is 19.0. The van der Waals surface area contributed by atoms with Gasteiger partial charge in [0.25, 0.3) is 0 Å². The van der Waals surface area contributed by atoms with Gasteiger partial charge in [-0.1, -0.05) is 6.42 Å². The number of piperazine rings is 1. The van der Waals surface area contributed by atoms with Crippen LogP contribution in [0.2, 0.25) is 0 Å². The van der Waals surface area contributed by atoms with Gasteiger partial charge in [-0.2, -0.15) is 0 Å². The first kappa shape index (κ1) is 20.6. The average Bonchev–Trinajstić information content (AvgIpc) is 3.26. The summed E-state index contributed by atoms with van der Waals surface area (Å²) in [5.41, 5.74) is 3.07. The summed E-state index contributed by atoms with van der Waals surface area (Å²) in [4.78, 5) is 24.1. The van der Waals surface area contributed by atoms with Crippen LogP contribution in [0, 0.1) is 11.6 Å². The average molecular weight is 472 g/mol. The van der Waals surface area contributed by atoms with E-state index in [0.29, 0.717) is 28.3 Å². The summed E-state index contributed by atoms with van der Waals surface area (Å²) in [6.07, 6.45) is 8.87. The highest BCUT2D eigenvalue weighted by atomic mass is 19.1. The number of fused-ring (bicyclic) bond motifs is 4. The third kappa shape index (κ3) is 3.18. The first-order chi connectivity index (χ1) is 17.2. The molecule has 0 amide bonds. The molecule has 4 aromatic heterocycles. The van der Waals surface area contributed by atoms with Crippen LogP contribution in [0.1, 0.15) is 30.7 Å². The number of halogens is 2. The van der Waals surface area contributed by atoms with Gasteiger partial charge in [-0.05, 0) is 42.5 Å². The Labute approximate surface area is 199 Å². The lowest BCUT2D eigenvalue weighted by atomic mass is 9.79. The number of hydrogen-bond acceptors (Lipinski definition) is 6. The van der Waals surface area contributed by atoms with E-state index in [9.17, 15) is 8.78 Å². The number of aromatic amines is 1. The summed E-state index contributed by atoms with van der Waals surface area (Å²) in [5.74, 6) is 0.767. The van der Waals surface area contributed by atoms with Crippen molar-refractivity contribution < 1.29 is 8.78 Å². The summed E-state index contributed by atoms with van der Waals surface area (Å²) in [7, 11) is 0. The minimum absolute atomic E-state index is 0.0944. The fourth-order valence-corrected chi connectivity index (χ4v) is 5.38. The van der Waals surface area contributed by atoms with Crippen LogP contribution in [-0.2, 0) is 0 Å². The summed E-state index contributed by atoms with van der Waals surface area (Å²) < 4.78 is 29.5. The Morgan fingerprint density at radius 2 is 1.74 bits per heavy atom. The van der Waals surface area contributed by atoms with E-state index in [1.54, 1.807) is 18.5 Å². The van der Waals surface area contributed by atoms with Gasteiger partial charge in [0.2, 0.25) is 0 Å². The predicted octanol–water partition coefficient (Wildman–Crippen LogP) is 4.68. The van der Waals surface area contributed by atoms with Crippen molar-refractivity contribution in [1.29, 1.82) is 0 Å². The van der Waals surface area contributed by atoms with E-state index in [4.69, 9.17) is 9.97 Å². The molecular formula is C26H23F2N7. The molecule has 0 spiro atoms. The van der Waals surface area contributed by atoms with Crippen molar-refractivity contribution in [2.75, 3.05) is 31.1 Å². The molecule has 7 rings (SSSR count). The smallest absolute Gasteiger partial charge is 0.163 e. The van der Waals surface area contributed by atoms with Gasteiger partial charge >= 0.3 is 0 Å². The van der Waals surface area contributed by atoms with E-state index in [1.807, 2.05) is 6.20 Å². The molecule has 0 bridgehead atoms. The lowest BCUT2D eigenvalue weighted by molar-refractivity contribution is 0.421. The zero-order valence-corrected chi connectivity index (χ0v) is 19.0. The Morgan fingerprint density at radius 1 is 0.914 bits per heavy atom. The van der Waals surface area contributed by atoms with Crippen molar-refractivity contribution in [1.82, 2.24) is 30.2 Å². The summed E-state index contributed by atoms with van der Waals surface area (Å²) in [6.45, 7) is 3.40. The standard InChI is InChI=1S/C26H23F2N7/c27-17-4-5-18(28)23-22(17)21-15(6-7-31-25(21)33-23)24-32-19-13-30-12-16(14-2-1-3-14)20(19)26(34-24)35-10-8-29-9-11-35/h4-7,12-14,29H,1-3,8-11H2,(H,31,33). The third-order valence-corrected chi connectivity index (χ3v) is 7.37. The highest BCUT2D eigenvalue weighted by Gasteiger charge is 2.27. The van der Waals surface area contributed by atoms with Crippen molar-refractivity contribution in [3.8, 4) is 11.4 Å². The maximum absolute atomic E-state index is 15.0. The number of hydrogen-bond donors (Lipinski definition) is 2. The lowest BCUT2D eigenvalue weighted by Crippen LogP contribution is -2.44. The number of nitrogens with one attached hydrogen (secondary N) is 2. The normalized spacial score (nSPS) is 16.9. The fraction of sp³-hybridized carbons (Fsp3) is 0.308. The molecule has 7 nitrogen and oxygen atoms in total. The molecule has 9 heteroatoms. The van der Waals surface area contributed by atoms with Gasteiger partial charge in [0.1, 0.15) is 23.1 Å². The molecule has 0 unspecified atom stereocenters. The van der Waals surface area contributed by atoms with E-state index in [0.717, 1.165) is 67.9 Å². The molecule has 5 heterocycles. The Balaban J connectivity index is 1.53. The molecule has 176 valence electrons. The Bertz CT molecular complexity index is 1600. The van der Waals surface area contributed by atoms with E-state index < -0.39 is 11.6 Å². The molecule has 2 aliphatic rings. The molecule has 1 saturated heterocycles. The van der Waals surface area contributed by atoms with Crippen molar-refractivity contribution >= 4 is 38.7 Å². The van der Waals surface area contributed by atoms with Crippen LogP contribution in [0.25, 0.3) is 44.2 Å². The SMILES string of the molecule is Fc1ccc(F)c2c1[nH]c1nccc(-c3nc(N4CCNCC4)c4c(C5CCC5)cncc4n3)c12.